The Kier molecular flexibility index (Phi) is 2.76. The van der Waals surface area contributed by atoms with Gasteiger partial charge in [-0.15, -0.1) is 5.10 Å². The number of aryl methyl sites for hydroxylation is 2. The first-order valence-corrected chi connectivity index (χ1v) is 6.64. The molecule has 0 saturated heterocycles. The van der Waals surface area contributed by atoms with E-state index < -0.39 is 0 Å². The summed E-state index contributed by atoms with van der Waals surface area (Å²) in [7, 11) is 0. The Morgan fingerprint density at radius 2 is 2.22 bits per heavy atom. The molecule has 2 heterocycles. The van der Waals surface area contributed by atoms with Crippen LogP contribution >= 0.6 is 11.3 Å². The van der Waals surface area contributed by atoms with Crippen LogP contribution in [0.2, 0.25) is 0 Å². The summed E-state index contributed by atoms with van der Waals surface area (Å²) in [5.41, 5.74) is 3.54. The van der Waals surface area contributed by atoms with E-state index in [1.165, 1.54) is 11.1 Å². The number of aromatic nitrogens is 3. The van der Waals surface area contributed by atoms with Gasteiger partial charge in [0.2, 0.25) is 10.1 Å². The maximum atomic E-state index is 4.43. The summed E-state index contributed by atoms with van der Waals surface area (Å²) in [4.78, 5) is 5.31. The second-order valence-electron chi connectivity index (χ2n) is 4.36. The van der Waals surface area contributed by atoms with Gasteiger partial charge in [-0.2, -0.15) is 0 Å². The molecule has 18 heavy (non-hydrogen) atoms. The molecule has 1 N–H and O–H groups in total. The fraction of sp³-hybridized carbons (Fsp3) is 0.231. The van der Waals surface area contributed by atoms with Gasteiger partial charge in [0.1, 0.15) is 0 Å². The molecule has 0 fully saturated rings. The summed E-state index contributed by atoms with van der Waals surface area (Å²) >= 11 is 1.57. The normalized spacial score (nSPS) is 11.0. The first-order valence-electron chi connectivity index (χ1n) is 5.83. The zero-order valence-corrected chi connectivity index (χ0v) is 11.2. The topological polar surface area (TPSA) is 42.2 Å². The third-order valence-corrected chi connectivity index (χ3v) is 3.57. The van der Waals surface area contributed by atoms with Crippen molar-refractivity contribution < 1.29 is 0 Å². The molecule has 0 radical (unpaired) electrons. The molecule has 0 bridgehead atoms. The zero-order valence-electron chi connectivity index (χ0n) is 10.3. The first kappa shape index (κ1) is 11.2. The van der Waals surface area contributed by atoms with Gasteiger partial charge in [-0.25, -0.2) is 9.50 Å². The smallest absolute Gasteiger partial charge is 0.214 e. The standard InChI is InChI=1S/C13H14N4S/c1-9-4-3-5-11(6-9)7-14-12-16-17-8-10(2)15-13(17)18-12/h3-6,8H,7H2,1-2H3,(H,14,16). The van der Waals surface area contributed by atoms with Crippen LogP contribution in [0.25, 0.3) is 4.96 Å². The van der Waals surface area contributed by atoms with Gasteiger partial charge >= 0.3 is 0 Å². The molecule has 4 nitrogen and oxygen atoms in total. The van der Waals surface area contributed by atoms with Crippen LogP contribution in [-0.4, -0.2) is 14.6 Å². The second-order valence-corrected chi connectivity index (χ2v) is 5.32. The summed E-state index contributed by atoms with van der Waals surface area (Å²) in [5, 5.41) is 8.66. The second kappa shape index (κ2) is 4.42. The van der Waals surface area contributed by atoms with Crippen molar-refractivity contribution in [3.63, 3.8) is 0 Å². The molecular weight excluding hydrogens is 244 g/mol. The van der Waals surface area contributed by atoms with Crippen LogP contribution in [-0.2, 0) is 6.54 Å². The molecular formula is C13H14N4S. The number of hydrogen-bond donors (Lipinski definition) is 1. The highest BCUT2D eigenvalue weighted by molar-refractivity contribution is 7.20. The number of nitrogens with zero attached hydrogens (tertiary/aromatic N) is 3. The highest BCUT2D eigenvalue weighted by Crippen LogP contribution is 2.19. The largest absolute Gasteiger partial charge is 0.356 e. The highest BCUT2D eigenvalue weighted by atomic mass is 32.1. The van der Waals surface area contributed by atoms with E-state index in [9.17, 15) is 0 Å². The van der Waals surface area contributed by atoms with Gasteiger partial charge in [-0.3, -0.25) is 0 Å². The quantitative estimate of drug-likeness (QED) is 0.785. The van der Waals surface area contributed by atoms with Crippen LogP contribution in [0.5, 0.6) is 0 Å². The fourth-order valence-electron chi connectivity index (χ4n) is 1.88. The van der Waals surface area contributed by atoms with Crippen molar-refractivity contribution in [1.29, 1.82) is 0 Å². The predicted molar refractivity (Wildman–Crippen MR) is 74.1 cm³/mol. The number of hydrogen-bond acceptors (Lipinski definition) is 4. The maximum Gasteiger partial charge on any atom is 0.214 e. The molecule has 0 aliphatic carbocycles. The summed E-state index contributed by atoms with van der Waals surface area (Å²) in [5.74, 6) is 0. The molecule has 3 rings (SSSR count). The number of imidazole rings is 1. The van der Waals surface area contributed by atoms with Crippen molar-refractivity contribution in [1.82, 2.24) is 14.6 Å². The van der Waals surface area contributed by atoms with Gasteiger partial charge in [0, 0.05) is 6.54 Å². The molecule has 0 spiro atoms. The summed E-state index contributed by atoms with van der Waals surface area (Å²) in [6.07, 6.45) is 1.93. The van der Waals surface area contributed by atoms with Crippen molar-refractivity contribution in [3.8, 4) is 0 Å². The first-order chi connectivity index (χ1) is 8.70. The van der Waals surface area contributed by atoms with Crippen LogP contribution in [0, 0.1) is 13.8 Å². The average Bonchev–Trinajstić information content (AvgIpc) is 2.83. The molecule has 5 heteroatoms. The molecule has 1 aromatic carbocycles. The Labute approximate surface area is 109 Å². The van der Waals surface area contributed by atoms with E-state index in [0.717, 1.165) is 22.3 Å². The van der Waals surface area contributed by atoms with Crippen molar-refractivity contribution in [2.24, 2.45) is 0 Å². The van der Waals surface area contributed by atoms with Crippen LogP contribution in [0.15, 0.2) is 30.5 Å². The van der Waals surface area contributed by atoms with Gasteiger partial charge in [-0.1, -0.05) is 41.2 Å². The van der Waals surface area contributed by atoms with Gasteiger partial charge in [0.15, 0.2) is 0 Å². The van der Waals surface area contributed by atoms with Crippen molar-refractivity contribution >= 4 is 21.4 Å². The van der Waals surface area contributed by atoms with E-state index in [1.807, 2.05) is 17.6 Å². The minimum atomic E-state index is 0.789. The number of benzene rings is 1. The molecule has 0 aliphatic heterocycles. The molecule has 0 saturated carbocycles. The van der Waals surface area contributed by atoms with Gasteiger partial charge in [0.25, 0.3) is 0 Å². The lowest BCUT2D eigenvalue weighted by Crippen LogP contribution is -1.99. The van der Waals surface area contributed by atoms with E-state index in [1.54, 1.807) is 11.3 Å². The molecule has 0 atom stereocenters. The van der Waals surface area contributed by atoms with E-state index in [2.05, 4.69) is 46.6 Å². The predicted octanol–water partition coefficient (Wildman–Crippen LogP) is 3.02. The van der Waals surface area contributed by atoms with Crippen LogP contribution in [0.1, 0.15) is 16.8 Å². The van der Waals surface area contributed by atoms with Gasteiger partial charge < -0.3 is 5.32 Å². The van der Waals surface area contributed by atoms with Crippen molar-refractivity contribution in [3.05, 3.63) is 47.3 Å². The van der Waals surface area contributed by atoms with E-state index in [0.29, 0.717) is 0 Å². The SMILES string of the molecule is Cc1cccc(CNc2nn3cc(C)nc3s2)c1. The monoisotopic (exact) mass is 258 g/mol. The molecule has 0 unspecified atom stereocenters. The van der Waals surface area contributed by atoms with Gasteiger partial charge in [-0.05, 0) is 19.4 Å². The van der Waals surface area contributed by atoms with E-state index in [4.69, 9.17) is 0 Å². The molecule has 2 aromatic heterocycles. The minimum absolute atomic E-state index is 0.789. The number of nitrogens with one attached hydrogen (secondary N) is 1. The summed E-state index contributed by atoms with van der Waals surface area (Å²) in [6, 6.07) is 8.47. The maximum absolute atomic E-state index is 4.43. The summed E-state index contributed by atoms with van der Waals surface area (Å²) < 4.78 is 1.82. The highest BCUT2D eigenvalue weighted by Gasteiger charge is 2.05. The minimum Gasteiger partial charge on any atom is -0.356 e. The lowest BCUT2D eigenvalue weighted by Gasteiger charge is -2.03. The number of anilines is 1. The average molecular weight is 258 g/mol. The van der Waals surface area contributed by atoms with Crippen LogP contribution in [0.3, 0.4) is 0 Å². The number of rotatable bonds is 3. The Morgan fingerprint density at radius 1 is 1.33 bits per heavy atom. The summed E-state index contributed by atoms with van der Waals surface area (Å²) in [6.45, 7) is 4.86. The van der Waals surface area contributed by atoms with Crippen molar-refractivity contribution in [2.45, 2.75) is 20.4 Å². The van der Waals surface area contributed by atoms with Crippen LogP contribution in [0.4, 0.5) is 5.13 Å². The van der Waals surface area contributed by atoms with Crippen LogP contribution < -0.4 is 5.32 Å². The van der Waals surface area contributed by atoms with Crippen molar-refractivity contribution in [2.75, 3.05) is 5.32 Å². The van der Waals surface area contributed by atoms with E-state index in [-0.39, 0.29) is 0 Å². The zero-order chi connectivity index (χ0) is 12.5. The lowest BCUT2D eigenvalue weighted by molar-refractivity contribution is 0.959. The Hall–Kier alpha value is -1.88. The van der Waals surface area contributed by atoms with Gasteiger partial charge in [0.05, 0.1) is 11.9 Å². The molecule has 0 amide bonds. The fourth-order valence-corrected chi connectivity index (χ4v) is 2.70. The molecule has 3 aromatic rings. The molecule has 0 aliphatic rings. The third kappa shape index (κ3) is 2.22. The third-order valence-electron chi connectivity index (χ3n) is 2.69. The Bertz CT molecular complexity index is 652. The lowest BCUT2D eigenvalue weighted by atomic mass is 10.1. The Morgan fingerprint density at radius 3 is 3.00 bits per heavy atom. The molecule has 92 valence electrons. The number of fused-ring (bicyclic) bond motifs is 1. The van der Waals surface area contributed by atoms with E-state index >= 15 is 0 Å². The Balaban J connectivity index is 1.74.